The molecule has 0 aromatic heterocycles. The maximum Gasteiger partial charge on any atom is 0.124 e. The van der Waals surface area contributed by atoms with Gasteiger partial charge in [-0.1, -0.05) is 52.9 Å². The number of rotatable bonds is 11. The zero-order chi connectivity index (χ0) is 14.0. The third-order valence-corrected chi connectivity index (χ3v) is 3.67. The van der Waals surface area contributed by atoms with E-state index >= 15 is 0 Å². The van der Waals surface area contributed by atoms with Gasteiger partial charge in [-0.25, -0.2) is 5.11 Å². The zero-order valence-corrected chi connectivity index (χ0v) is 13.1. The molecule has 0 N–H and O–H groups in total. The Morgan fingerprint density at radius 3 is 2.00 bits per heavy atom. The Morgan fingerprint density at radius 2 is 1.56 bits per heavy atom. The van der Waals surface area contributed by atoms with Gasteiger partial charge in [0.25, 0.3) is 0 Å². The van der Waals surface area contributed by atoms with E-state index in [0.29, 0.717) is 5.92 Å². The lowest BCUT2D eigenvalue weighted by molar-refractivity contribution is -0.133. The molecule has 0 fully saturated rings. The lowest BCUT2D eigenvalue weighted by atomic mass is 9.96. The maximum absolute atomic E-state index is 12.1. The first-order valence-electron chi connectivity index (χ1n) is 7.77. The Labute approximate surface area is 114 Å². The predicted molar refractivity (Wildman–Crippen MR) is 77.3 cm³/mol. The average molecular weight is 257 g/mol. The van der Waals surface area contributed by atoms with E-state index in [1.165, 1.54) is 19.3 Å². The minimum Gasteiger partial charge on any atom is -0.375 e. The van der Waals surface area contributed by atoms with E-state index in [2.05, 4.69) is 20.8 Å². The van der Waals surface area contributed by atoms with E-state index in [-0.39, 0.29) is 6.10 Å². The molecule has 0 saturated carbocycles. The summed E-state index contributed by atoms with van der Waals surface area (Å²) in [7, 11) is 0. The summed E-state index contributed by atoms with van der Waals surface area (Å²) in [5.41, 5.74) is -0.974. The van der Waals surface area contributed by atoms with Crippen molar-refractivity contribution in [1.29, 1.82) is 0 Å². The van der Waals surface area contributed by atoms with Crippen LogP contribution in [-0.2, 0) is 9.84 Å². The molecular weight excluding hydrogens is 224 g/mol. The second-order valence-corrected chi connectivity index (χ2v) is 5.98. The molecule has 0 amide bonds. The summed E-state index contributed by atoms with van der Waals surface area (Å²) in [6.45, 7) is 10.9. The third-order valence-electron chi connectivity index (χ3n) is 3.67. The smallest absolute Gasteiger partial charge is 0.124 e. The highest BCUT2D eigenvalue weighted by Crippen LogP contribution is 2.22. The van der Waals surface area contributed by atoms with Crippen LogP contribution in [-0.4, -0.2) is 18.3 Å². The van der Waals surface area contributed by atoms with Crippen molar-refractivity contribution in [3.63, 3.8) is 0 Å². The molecule has 0 bridgehead atoms. The second-order valence-electron chi connectivity index (χ2n) is 5.98. The van der Waals surface area contributed by atoms with E-state index in [1.807, 2.05) is 0 Å². The molecule has 0 heterocycles. The highest BCUT2D eigenvalue weighted by atomic mass is 16.5. The fraction of sp³-hybridized carbons (Fsp3) is 1.00. The molecule has 109 valence electrons. The largest absolute Gasteiger partial charge is 0.375 e. The Balaban J connectivity index is 4.14. The van der Waals surface area contributed by atoms with Gasteiger partial charge in [-0.3, -0.25) is 0 Å². The standard InChI is InChI=1S/C16H33O2/c1-6-9-11-14(8-3)13-18-15(12-10-7-2)16(4,5)17/h14-15H,6-13H2,1-5H3. The molecule has 1 radical (unpaired) electrons. The van der Waals surface area contributed by atoms with Crippen LogP contribution in [0.5, 0.6) is 0 Å². The quantitative estimate of drug-likeness (QED) is 0.513. The molecule has 18 heavy (non-hydrogen) atoms. The summed E-state index contributed by atoms with van der Waals surface area (Å²) in [5, 5.41) is 12.1. The van der Waals surface area contributed by atoms with E-state index in [4.69, 9.17) is 4.74 Å². The van der Waals surface area contributed by atoms with Crippen molar-refractivity contribution in [2.24, 2.45) is 5.92 Å². The van der Waals surface area contributed by atoms with Gasteiger partial charge < -0.3 is 4.74 Å². The highest BCUT2D eigenvalue weighted by Gasteiger charge is 2.29. The molecule has 2 nitrogen and oxygen atoms in total. The van der Waals surface area contributed by atoms with Crippen LogP contribution in [0, 0.1) is 5.92 Å². The van der Waals surface area contributed by atoms with Crippen LogP contribution in [0.2, 0.25) is 0 Å². The van der Waals surface area contributed by atoms with Gasteiger partial charge in [0.15, 0.2) is 0 Å². The number of ether oxygens (including phenoxy) is 1. The first-order chi connectivity index (χ1) is 8.45. The Morgan fingerprint density at radius 1 is 1.00 bits per heavy atom. The molecule has 0 aliphatic rings. The fourth-order valence-corrected chi connectivity index (χ4v) is 2.17. The third kappa shape index (κ3) is 8.10. The van der Waals surface area contributed by atoms with Gasteiger partial charge in [0, 0.05) is 6.61 Å². The Bertz CT molecular complexity index is 184. The van der Waals surface area contributed by atoms with Crippen molar-refractivity contribution in [3.05, 3.63) is 0 Å². The van der Waals surface area contributed by atoms with Crippen molar-refractivity contribution in [2.75, 3.05) is 6.61 Å². The van der Waals surface area contributed by atoms with E-state index < -0.39 is 5.60 Å². The van der Waals surface area contributed by atoms with Crippen LogP contribution in [0.15, 0.2) is 0 Å². The maximum atomic E-state index is 12.1. The van der Waals surface area contributed by atoms with E-state index in [0.717, 1.165) is 32.3 Å². The summed E-state index contributed by atoms with van der Waals surface area (Å²) in [5.74, 6) is 0.622. The Kier molecular flexibility index (Phi) is 9.76. The topological polar surface area (TPSA) is 29.1 Å². The molecule has 0 aromatic carbocycles. The van der Waals surface area contributed by atoms with Gasteiger partial charge in [0.05, 0.1) is 6.10 Å². The van der Waals surface area contributed by atoms with Crippen LogP contribution in [0.3, 0.4) is 0 Å². The fourth-order valence-electron chi connectivity index (χ4n) is 2.17. The first-order valence-corrected chi connectivity index (χ1v) is 7.77. The van der Waals surface area contributed by atoms with Gasteiger partial charge in [0.2, 0.25) is 0 Å². The molecule has 0 rings (SSSR count). The van der Waals surface area contributed by atoms with E-state index in [1.54, 1.807) is 13.8 Å². The van der Waals surface area contributed by atoms with Crippen LogP contribution in [0.1, 0.15) is 79.6 Å². The molecule has 0 saturated heterocycles. The molecule has 2 atom stereocenters. The molecular formula is C16H33O2. The van der Waals surface area contributed by atoms with Gasteiger partial charge in [-0.15, -0.1) is 0 Å². The van der Waals surface area contributed by atoms with Gasteiger partial charge in [-0.05, 0) is 32.6 Å². The van der Waals surface area contributed by atoms with E-state index in [9.17, 15) is 5.11 Å². The summed E-state index contributed by atoms with van der Waals surface area (Å²) < 4.78 is 5.95. The zero-order valence-electron chi connectivity index (χ0n) is 13.1. The minimum absolute atomic E-state index is 0.131. The number of hydrogen-bond acceptors (Lipinski definition) is 1. The molecule has 0 aliphatic heterocycles. The van der Waals surface area contributed by atoms with Gasteiger partial charge >= 0.3 is 0 Å². The summed E-state index contributed by atoms with van der Waals surface area (Å²) in [6.07, 6.45) is 7.87. The van der Waals surface area contributed by atoms with Crippen LogP contribution in [0.4, 0.5) is 0 Å². The summed E-state index contributed by atoms with van der Waals surface area (Å²) in [6, 6.07) is 0. The normalized spacial score (nSPS) is 15.7. The van der Waals surface area contributed by atoms with Crippen LogP contribution >= 0.6 is 0 Å². The van der Waals surface area contributed by atoms with Crippen molar-refractivity contribution in [2.45, 2.75) is 91.3 Å². The molecule has 0 aromatic rings. The first kappa shape index (κ1) is 17.9. The molecule has 0 aliphatic carbocycles. The highest BCUT2D eigenvalue weighted by molar-refractivity contribution is 4.78. The predicted octanol–water partition coefficient (Wildman–Crippen LogP) is 4.99. The average Bonchev–Trinajstić information content (AvgIpc) is 2.31. The lowest BCUT2D eigenvalue weighted by Gasteiger charge is -2.29. The number of hydrogen-bond donors (Lipinski definition) is 0. The summed E-state index contributed by atoms with van der Waals surface area (Å²) in [4.78, 5) is 0. The second kappa shape index (κ2) is 9.80. The molecule has 0 spiro atoms. The van der Waals surface area contributed by atoms with Crippen molar-refractivity contribution >= 4 is 0 Å². The Hall–Kier alpha value is -0.0800. The van der Waals surface area contributed by atoms with Crippen LogP contribution in [0.25, 0.3) is 0 Å². The number of unbranched alkanes of at least 4 members (excludes halogenated alkanes) is 2. The van der Waals surface area contributed by atoms with Gasteiger partial charge in [-0.2, -0.15) is 0 Å². The SMILES string of the molecule is CCCCC(CC)COC(CCCC)C(C)(C)[O]. The van der Waals surface area contributed by atoms with Crippen molar-refractivity contribution in [3.8, 4) is 0 Å². The van der Waals surface area contributed by atoms with Gasteiger partial charge in [0.1, 0.15) is 5.60 Å². The lowest BCUT2D eigenvalue weighted by Crippen LogP contribution is -2.38. The summed E-state index contributed by atoms with van der Waals surface area (Å²) >= 11 is 0. The molecule has 2 unspecified atom stereocenters. The monoisotopic (exact) mass is 257 g/mol. The van der Waals surface area contributed by atoms with Crippen molar-refractivity contribution in [1.82, 2.24) is 0 Å². The van der Waals surface area contributed by atoms with Crippen LogP contribution < -0.4 is 0 Å². The molecule has 2 heteroatoms. The minimum atomic E-state index is -0.974. The van der Waals surface area contributed by atoms with Crippen molar-refractivity contribution < 1.29 is 9.84 Å².